The molecule has 0 unspecified atom stereocenters. The number of carbonyl (C=O) groups is 6. The standard InChI is InChI=1S/C12H17N2O14P.2Na/c15-5(16)1-11(9(23)24,2-6(17)18)13-29(27,28)14-12(10(25)26,3-7(19)20)4-8(21)22;;/h1-4H2,(H,15,16)(H,17,18)(H,19,20)(H,21,22)(H,23,24)(H,25,26)(H3,13,14,27,28);;/q;2*+1. The van der Waals surface area contributed by atoms with Crippen LogP contribution in [0.4, 0.5) is 0 Å². The number of nitrogens with one attached hydrogen (secondary N) is 2. The predicted molar refractivity (Wildman–Crippen MR) is 85.8 cm³/mol. The average Bonchev–Trinajstić information content (AvgIpc) is 2.41. The Morgan fingerprint density at radius 1 is 0.581 bits per heavy atom. The van der Waals surface area contributed by atoms with E-state index in [0.717, 1.165) is 0 Å². The van der Waals surface area contributed by atoms with Crippen LogP contribution in [0, 0.1) is 0 Å². The monoisotopic (exact) mass is 490 g/mol. The summed E-state index contributed by atoms with van der Waals surface area (Å²) in [7, 11) is -5.58. The first-order valence-corrected chi connectivity index (χ1v) is 8.88. The van der Waals surface area contributed by atoms with E-state index in [2.05, 4.69) is 0 Å². The fraction of sp³-hybridized carbons (Fsp3) is 0.500. The molecule has 0 bridgehead atoms. The minimum atomic E-state index is -5.58. The molecule has 0 atom stereocenters. The Morgan fingerprint density at radius 3 is 0.903 bits per heavy atom. The number of aliphatic carboxylic acids is 6. The van der Waals surface area contributed by atoms with E-state index in [1.54, 1.807) is 0 Å². The number of rotatable bonds is 14. The molecule has 0 radical (unpaired) electrons. The Kier molecular flexibility index (Phi) is 15.0. The first kappa shape index (κ1) is 34.5. The quantitative estimate of drug-likeness (QED) is 0.0807. The molecule has 0 spiro atoms. The molecule has 31 heavy (non-hydrogen) atoms. The van der Waals surface area contributed by atoms with Gasteiger partial charge in [-0.25, -0.2) is 10.2 Å². The van der Waals surface area contributed by atoms with Crippen LogP contribution in [0.25, 0.3) is 0 Å². The molecule has 0 aromatic rings. The average molecular weight is 490 g/mol. The van der Waals surface area contributed by atoms with Gasteiger partial charge in [0.2, 0.25) is 0 Å². The van der Waals surface area contributed by atoms with Crippen LogP contribution in [0.15, 0.2) is 0 Å². The summed E-state index contributed by atoms with van der Waals surface area (Å²) in [5.41, 5.74) is -6.27. The zero-order valence-corrected chi connectivity index (χ0v) is 21.2. The molecule has 0 aliphatic carbocycles. The SMILES string of the molecule is O=C(O)CC(CC(=O)O)(NP(=O)(O)NC(CC(=O)O)(CC(=O)O)C(=O)O)C(=O)O.[Na+].[Na+]. The van der Waals surface area contributed by atoms with Crippen LogP contribution >= 0.6 is 7.67 Å². The van der Waals surface area contributed by atoms with Crippen molar-refractivity contribution in [3.05, 3.63) is 0 Å². The second-order valence-electron chi connectivity index (χ2n) is 5.86. The number of carboxylic acids is 6. The van der Waals surface area contributed by atoms with Crippen LogP contribution in [0.5, 0.6) is 0 Å². The topological polar surface area (TPSA) is 285 Å². The van der Waals surface area contributed by atoms with Crippen molar-refractivity contribution < 1.29 is 128 Å². The normalized spacial score (nSPS) is 11.4. The molecule has 0 fully saturated rings. The Bertz CT molecular complexity index is 695. The first-order valence-electron chi connectivity index (χ1n) is 7.22. The summed E-state index contributed by atoms with van der Waals surface area (Å²) in [5.74, 6) is -12.1. The van der Waals surface area contributed by atoms with E-state index >= 15 is 0 Å². The smallest absolute Gasteiger partial charge is 0.481 e. The van der Waals surface area contributed by atoms with Gasteiger partial charge in [0.25, 0.3) is 0 Å². The number of hydrogen-bond acceptors (Lipinski definition) is 7. The Hall–Kier alpha value is -1.07. The third-order valence-electron chi connectivity index (χ3n) is 3.36. The third kappa shape index (κ3) is 11.4. The van der Waals surface area contributed by atoms with Gasteiger partial charge in [-0.05, 0) is 0 Å². The summed E-state index contributed by atoms with van der Waals surface area (Å²) in [6.07, 6.45) is -6.23. The van der Waals surface area contributed by atoms with Gasteiger partial charge in [0.05, 0.1) is 25.7 Å². The van der Waals surface area contributed by atoms with Crippen molar-refractivity contribution in [2.45, 2.75) is 36.8 Å². The maximum atomic E-state index is 12.4. The van der Waals surface area contributed by atoms with Crippen molar-refractivity contribution in [3.63, 3.8) is 0 Å². The zero-order valence-electron chi connectivity index (χ0n) is 16.3. The largest absolute Gasteiger partial charge is 1.00 e. The van der Waals surface area contributed by atoms with E-state index in [0.29, 0.717) is 0 Å². The second kappa shape index (κ2) is 13.5. The zero-order chi connectivity index (χ0) is 23.2. The van der Waals surface area contributed by atoms with Crippen LogP contribution in [0.3, 0.4) is 0 Å². The van der Waals surface area contributed by atoms with Crippen molar-refractivity contribution in [2.75, 3.05) is 0 Å². The van der Waals surface area contributed by atoms with Crippen molar-refractivity contribution >= 4 is 43.5 Å². The van der Waals surface area contributed by atoms with Gasteiger partial charge < -0.3 is 35.5 Å². The van der Waals surface area contributed by atoms with Gasteiger partial charge >= 0.3 is 103 Å². The first-order chi connectivity index (χ1) is 13.0. The molecule has 16 nitrogen and oxygen atoms in total. The molecular formula is C12H17N2Na2O14P+2. The van der Waals surface area contributed by atoms with Gasteiger partial charge in [-0.15, -0.1) is 0 Å². The molecule has 9 N–H and O–H groups in total. The van der Waals surface area contributed by atoms with E-state index in [-0.39, 0.29) is 59.1 Å². The minimum Gasteiger partial charge on any atom is -0.481 e. The molecule has 0 aliphatic rings. The van der Waals surface area contributed by atoms with E-state index < -0.39 is 80.2 Å². The Balaban J connectivity index is -0.00000392. The molecule has 0 aromatic carbocycles. The minimum absolute atomic E-state index is 0. The third-order valence-corrected chi connectivity index (χ3v) is 4.82. The van der Waals surface area contributed by atoms with E-state index in [4.69, 9.17) is 20.4 Å². The van der Waals surface area contributed by atoms with Gasteiger partial charge in [0.15, 0.2) is 0 Å². The molecule has 0 rings (SSSR count). The molecule has 0 aliphatic heterocycles. The summed E-state index contributed by atoms with van der Waals surface area (Å²) < 4.78 is 12.4. The van der Waals surface area contributed by atoms with Gasteiger partial charge in [0.1, 0.15) is 11.1 Å². The van der Waals surface area contributed by atoms with Crippen LogP contribution < -0.4 is 69.3 Å². The Labute approximate surface area is 217 Å². The summed E-state index contributed by atoms with van der Waals surface area (Å²) in [6.45, 7) is 0. The van der Waals surface area contributed by atoms with Crippen molar-refractivity contribution in [1.29, 1.82) is 0 Å². The molecule has 0 heterocycles. The van der Waals surface area contributed by atoms with E-state index in [1.165, 1.54) is 10.2 Å². The summed E-state index contributed by atoms with van der Waals surface area (Å²) >= 11 is 0. The van der Waals surface area contributed by atoms with Gasteiger partial charge in [-0.3, -0.25) is 33.3 Å². The summed E-state index contributed by atoms with van der Waals surface area (Å²) in [5, 5.41) is 56.4. The fourth-order valence-electron chi connectivity index (χ4n) is 2.32. The van der Waals surface area contributed by atoms with Crippen LogP contribution in [-0.2, 0) is 33.3 Å². The maximum Gasteiger partial charge on any atom is 1.00 e. The molecule has 0 aromatic heterocycles. The van der Waals surface area contributed by atoms with Gasteiger partial charge in [0, 0.05) is 0 Å². The Morgan fingerprint density at radius 2 is 0.774 bits per heavy atom. The molecular weight excluding hydrogens is 473 g/mol. The number of carboxylic acid groups (broad SMARTS) is 6. The van der Waals surface area contributed by atoms with Crippen molar-refractivity contribution in [3.8, 4) is 0 Å². The van der Waals surface area contributed by atoms with Crippen molar-refractivity contribution in [2.24, 2.45) is 0 Å². The van der Waals surface area contributed by atoms with Crippen LogP contribution in [-0.4, -0.2) is 82.4 Å². The summed E-state index contributed by atoms with van der Waals surface area (Å²) in [4.78, 5) is 76.6. The number of hydrogen-bond donors (Lipinski definition) is 9. The summed E-state index contributed by atoms with van der Waals surface area (Å²) in [6, 6.07) is 0. The molecule has 164 valence electrons. The second-order valence-corrected chi connectivity index (χ2v) is 7.46. The van der Waals surface area contributed by atoms with Gasteiger partial charge in [-0.2, -0.15) is 0 Å². The maximum absolute atomic E-state index is 12.4. The van der Waals surface area contributed by atoms with Crippen molar-refractivity contribution in [1.82, 2.24) is 10.2 Å². The van der Waals surface area contributed by atoms with Crippen LogP contribution in [0.2, 0.25) is 0 Å². The fourth-order valence-corrected chi connectivity index (χ4v) is 4.05. The van der Waals surface area contributed by atoms with Gasteiger partial charge in [-0.1, -0.05) is 0 Å². The predicted octanol–water partition coefficient (Wildman–Crippen LogP) is -8.18. The molecule has 0 saturated heterocycles. The van der Waals surface area contributed by atoms with E-state index in [1.807, 2.05) is 0 Å². The van der Waals surface area contributed by atoms with E-state index in [9.17, 15) is 48.4 Å². The van der Waals surface area contributed by atoms with Crippen LogP contribution in [0.1, 0.15) is 25.7 Å². The molecule has 0 saturated carbocycles. The molecule has 0 amide bonds. The molecule has 19 heteroatoms.